The highest BCUT2D eigenvalue weighted by molar-refractivity contribution is 6.17. The van der Waals surface area contributed by atoms with Gasteiger partial charge >= 0.3 is 0 Å². The van der Waals surface area contributed by atoms with Crippen molar-refractivity contribution in [3.63, 3.8) is 0 Å². The molecule has 0 saturated carbocycles. The monoisotopic (exact) mass is 754 g/mol. The summed E-state index contributed by atoms with van der Waals surface area (Å²) in [5.41, 5.74) is 8.89. The zero-order valence-electron chi connectivity index (χ0n) is 31.4. The second-order valence-electron chi connectivity index (χ2n) is 15.2. The van der Waals surface area contributed by atoms with E-state index in [-0.39, 0.29) is 0 Å². The molecule has 0 bridgehead atoms. The number of rotatable bonds is 4. The molecule has 59 heavy (non-hydrogen) atoms. The molecule has 4 heterocycles. The Labute approximate surface area is 336 Å². The fourth-order valence-electron chi connectivity index (χ4n) is 9.07. The number of benzene rings is 9. The van der Waals surface area contributed by atoms with E-state index in [1.54, 1.807) is 0 Å². The molecule has 0 atom stereocenters. The fourth-order valence-corrected chi connectivity index (χ4v) is 9.07. The Kier molecular flexibility index (Phi) is 6.63. The van der Waals surface area contributed by atoms with E-state index in [4.69, 9.17) is 23.8 Å². The van der Waals surface area contributed by atoms with Gasteiger partial charge in [0.25, 0.3) is 0 Å². The van der Waals surface area contributed by atoms with Crippen molar-refractivity contribution in [3.8, 4) is 39.9 Å². The SMILES string of the molecule is c1ccc2cc(-c3nc(-c4ccc5c(c4)oc4ccccc45)nc(-c4c(-n5c6ccccc6c6cc7ccccc7cc65)ccc5oc6ccccc6c45)n3)ccc2c1. The zero-order chi connectivity index (χ0) is 38.6. The van der Waals surface area contributed by atoms with Gasteiger partial charge in [-0.15, -0.1) is 0 Å². The van der Waals surface area contributed by atoms with E-state index in [1.807, 2.05) is 36.4 Å². The number of nitrogens with zero attached hydrogens (tertiary/aromatic N) is 4. The highest BCUT2D eigenvalue weighted by Crippen LogP contribution is 2.44. The van der Waals surface area contributed by atoms with Crippen LogP contribution in [0.4, 0.5) is 0 Å². The lowest BCUT2D eigenvalue weighted by Gasteiger charge is -2.16. The minimum absolute atomic E-state index is 0.543. The average Bonchev–Trinajstić information content (AvgIpc) is 3.96. The Hall–Kier alpha value is -8.09. The van der Waals surface area contributed by atoms with E-state index >= 15 is 0 Å². The third kappa shape index (κ3) is 4.84. The molecule has 6 nitrogen and oxygen atoms in total. The molecule has 9 aromatic carbocycles. The first kappa shape index (κ1) is 32.0. The number of aromatic nitrogens is 4. The van der Waals surface area contributed by atoms with Crippen LogP contribution in [0.3, 0.4) is 0 Å². The molecule has 4 aromatic heterocycles. The minimum Gasteiger partial charge on any atom is -0.456 e. The van der Waals surface area contributed by atoms with Crippen molar-refractivity contribution in [2.24, 2.45) is 0 Å². The Balaban J connectivity index is 1.16. The summed E-state index contributed by atoms with van der Waals surface area (Å²) < 4.78 is 15.3. The normalized spacial score (nSPS) is 12.1. The molecular weight excluding hydrogens is 725 g/mol. The summed E-state index contributed by atoms with van der Waals surface area (Å²) in [6.07, 6.45) is 0. The predicted octanol–water partition coefficient (Wildman–Crippen LogP) is 14.1. The largest absolute Gasteiger partial charge is 0.456 e. The van der Waals surface area contributed by atoms with Crippen LogP contribution >= 0.6 is 0 Å². The molecule has 0 aliphatic heterocycles. The summed E-state index contributed by atoms with van der Waals surface area (Å²) in [4.78, 5) is 16.1. The van der Waals surface area contributed by atoms with Gasteiger partial charge in [0.1, 0.15) is 22.3 Å². The highest BCUT2D eigenvalue weighted by atomic mass is 16.3. The molecule has 0 fully saturated rings. The third-order valence-corrected chi connectivity index (χ3v) is 11.8. The summed E-state index contributed by atoms with van der Waals surface area (Å²) in [6, 6.07) is 63.4. The molecule has 13 aromatic rings. The molecule has 13 rings (SSSR count). The van der Waals surface area contributed by atoms with Crippen LogP contribution in [0.2, 0.25) is 0 Å². The smallest absolute Gasteiger partial charge is 0.166 e. The molecule has 0 N–H and O–H groups in total. The first-order chi connectivity index (χ1) is 29.2. The lowest BCUT2D eigenvalue weighted by molar-refractivity contribution is 0.668. The lowest BCUT2D eigenvalue weighted by atomic mass is 10.0. The van der Waals surface area contributed by atoms with Crippen LogP contribution in [0.15, 0.2) is 191 Å². The first-order valence-electron chi connectivity index (χ1n) is 19.8. The van der Waals surface area contributed by atoms with E-state index in [9.17, 15) is 0 Å². The van der Waals surface area contributed by atoms with Crippen LogP contribution in [0.1, 0.15) is 0 Å². The highest BCUT2D eigenvalue weighted by Gasteiger charge is 2.25. The molecular formula is C53H30N4O2. The molecule has 0 aliphatic carbocycles. The van der Waals surface area contributed by atoms with E-state index in [2.05, 4.69) is 150 Å². The lowest BCUT2D eigenvalue weighted by Crippen LogP contribution is -2.04. The van der Waals surface area contributed by atoms with Crippen molar-refractivity contribution in [2.75, 3.05) is 0 Å². The number of hydrogen-bond donors (Lipinski definition) is 0. The Morgan fingerprint density at radius 1 is 0.339 bits per heavy atom. The summed E-state index contributed by atoms with van der Waals surface area (Å²) in [7, 11) is 0. The minimum atomic E-state index is 0.543. The molecule has 0 saturated heterocycles. The number of para-hydroxylation sites is 3. The summed E-state index contributed by atoms with van der Waals surface area (Å²) in [5.74, 6) is 1.66. The molecule has 0 spiro atoms. The molecule has 0 aliphatic rings. The molecule has 6 heteroatoms. The van der Waals surface area contributed by atoms with Gasteiger partial charge in [0.15, 0.2) is 17.5 Å². The summed E-state index contributed by atoms with van der Waals surface area (Å²) in [5, 5.41) is 11.0. The van der Waals surface area contributed by atoms with Gasteiger partial charge in [-0.25, -0.2) is 15.0 Å². The van der Waals surface area contributed by atoms with Gasteiger partial charge in [0.05, 0.1) is 22.3 Å². The quantitative estimate of drug-likeness (QED) is 0.179. The van der Waals surface area contributed by atoms with E-state index in [0.29, 0.717) is 17.5 Å². The van der Waals surface area contributed by atoms with Gasteiger partial charge in [-0.2, -0.15) is 0 Å². The number of fused-ring (bicyclic) bond motifs is 11. The topological polar surface area (TPSA) is 69.9 Å². The van der Waals surface area contributed by atoms with Crippen LogP contribution < -0.4 is 0 Å². The first-order valence-corrected chi connectivity index (χ1v) is 19.8. The Morgan fingerprint density at radius 3 is 1.73 bits per heavy atom. The van der Waals surface area contributed by atoms with Crippen molar-refractivity contribution in [2.45, 2.75) is 0 Å². The second kappa shape index (κ2) is 12.2. The van der Waals surface area contributed by atoms with Crippen LogP contribution in [0, 0.1) is 0 Å². The molecule has 274 valence electrons. The number of hydrogen-bond acceptors (Lipinski definition) is 5. The second-order valence-corrected chi connectivity index (χ2v) is 15.2. The summed E-state index contributed by atoms with van der Waals surface area (Å²) >= 11 is 0. The van der Waals surface area contributed by atoms with Gasteiger partial charge in [0, 0.05) is 43.4 Å². The zero-order valence-corrected chi connectivity index (χ0v) is 31.4. The van der Waals surface area contributed by atoms with E-state index < -0.39 is 0 Å². The van der Waals surface area contributed by atoms with Gasteiger partial charge in [-0.1, -0.05) is 121 Å². The maximum atomic E-state index is 6.58. The van der Waals surface area contributed by atoms with Crippen LogP contribution in [-0.4, -0.2) is 19.5 Å². The molecule has 0 unspecified atom stereocenters. The molecule has 0 radical (unpaired) electrons. The average molecular weight is 755 g/mol. The standard InChI is InChI=1S/C53H30N4O2/c1-2-12-32-27-35(22-21-31(32)11-1)51-54-52(36-23-24-39-38-16-6-9-19-45(38)59-48(39)30-36)56-53(55-51)50-43(25-26-47-49(50)40-17-7-10-20-46(40)58-47)57-42-18-8-5-15-37(42)41-28-33-13-3-4-14-34(33)29-44(41)57/h1-30H. The number of furan rings is 2. The van der Waals surface area contributed by atoms with Crippen molar-refractivity contribution in [3.05, 3.63) is 182 Å². The van der Waals surface area contributed by atoms with Crippen LogP contribution in [0.25, 0.3) is 127 Å². The summed E-state index contributed by atoms with van der Waals surface area (Å²) in [6.45, 7) is 0. The van der Waals surface area contributed by atoms with Crippen LogP contribution in [-0.2, 0) is 0 Å². The van der Waals surface area contributed by atoms with E-state index in [1.165, 1.54) is 21.5 Å². The van der Waals surface area contributed by atoms with Crippen LogP contribution in [0.5, 0.6) is 0 Å². The van der Waals surface area contributed by atoms with Crippen molar-refractivity contribution >= 4 is 87.2 Å². The third-order valence-electron chi connectivity index (χ3n) is 11.8. The van der Waals surface area contributed by atoms with Gasteiger partial charge in [-0.3, -0.25) is 0 Å². The van der Waals surface area contributed by atoms with Gasteiger partial charge < -0.3 is 13.4 Å². The Morgan fingerprint density at radius 2 is 0.915 bits per heavy atom. The maximum absolute atomic E-state index is 6.58. The van der Waals surface area contributed by atoms with Crippen molar-refractivity contribution in [1.82, 2.24) is 19.5 Å². The fraction of sp³-hybridized carbons (Fsp3) is 0. The molecule has 0 amide bonds. The predicted molar refractivity (Wildman–Crippen MR) is 240 cm³/mol. The van der Waals surface area contributed by atoms with Gasteiger partial charge in [-0.05, 0) is 82.2 Å². The van der Waals surface area contributed by atoms with Gasteiger partial charge in [0.2, 0.25) is 0 Å². The Bertz CT molecular complexity index is 3870. The maximum Gasteiger partial charge on any atom is 0.166 e. The van der Waals surface area contributed by atoms with E-state index in [0.717, 1.165) is 88.1 Å². The van der Waals surface area contributed by atoms with Crippen molar-refractivity contribution in [1.29, 1.82) is 0 Å². The van der Waals surface area contributed by atoms with Crippen molar-refractivity contribution < 1.29 is 8.83 Å².